The number of aromatic nitrogens is 1. The van der Waals surface area contributed by atoms with E-state index in [0.29, 0.717) is 18.7 Å². The van der Waals surface area contributed by atoms with Gasteiger partial charge in [0.15, 0.2) is 0 Å². The first-order chi connectivity index (χ1) is 9.65. The molecule has 0 bridgehead atoms. The SMILES string of the molecule is CCN(CCC(=O)O)Cc1cn2ccccc2c1C#N. The van der Waals surface area contributed by atoms with Crippen LogP contribution in [0, 0.1) is 11.3 Å². The molecule has 0 radical (unpaired) electrons. The molecule has 2 rings (SSSR count). The average molecular weight is 271 g/mol. The van der Waals surface area contributed by atoms with Gasteiger partial charge in [-0.2, -0.15) is 5.26 Å². The fourth-order valence-electron chi connectivity index (χ4n) is 2.27. The summed E-state index contributed by atoms with van der Waals surface area (Å²) in [5, 5.41) is 18.1. The molecule has 0 fully saturated rings. The topological polar surface area (TPSA) is 68.7 Å². The van der Waals surface area contributed by atoms with E-state index in [2.05, 4.69) is 6.07 Å². The molecule has 2 aromatic rings. The molecule has 5 nitrogen and oxygen atoms in total. The quantitative estimate of drug-likeness (QED) is 0.873. The zero-order chi connectivity index (χ0) is 14.5. The van der Waals surface area contributed by atoms with Crippen molar-refractivity contribution >= 4 is 11.5 Å². The molecule has 0 unspecified atom stereocenters. The highest BCUT2D eigenvalue weighted by Crippen LogP contribution is 2.19. The third-order valence-electron chi connectivity index (χ3n) is 3.36. The normalized spacial score (nSPS) is 10.8. The van der Waals surface area contributed by atoms with Gasteiger partial charge in [0, 0.05) is 31.0 Å². The number of carbonyl (C=O) groups is 1. The highest BCUT2D eigenvalue weighted by atomic mass is 16.4. The molecular weight excluding hydrogens is 254 g/mol. The second-order valence-corrected chi connectivity index (χ2v) is 4.65. The zero-order valence-electron chi connectivity index (χ0n) is 11.4. The Hall–Kier alpha value is -2.32. The molecule has 20 heavy (non-hydrogen) atoms. The molecule has 104 valence electrons. The van der Waals surface area contributed by atoms with E-state index in [1.165, 1.54) is 0 Å². The summed E-state index contributed by atoms with van der Waals surface area (Å²) < 4.78 is 1.93. The summed E-state index contributed by atoms with van der Waals surface area (Å²) in [7, 11) is 0. The predicted octanol–water partition coefficient (Wildman–Crippen LogP) is 2.11. The van der Waals surface area contributed by atoms with Crippen molar-refractivity contribution < 1.29 is 9.90 Å². The Morgan fingerprint density at radius 1 is 1.50 bits per heavy atom. The molecule has 1 N–H and O–H groups in total. The number of rotatable bonds is 6. The molecule has 0 aliphatic carbocycles. The smallest absolute Gasteiger partial charge is 0.304 e. The van der Waals surface area contributed by atoms with Crippen molar-refractivity contribution in [3.63, 3.8) is 0 Å². The highest BCUT2D eigenvalue weighted by Gasteiger charge is 2.13. The number of aliphatic carboxylic acids is 1. The lowest BCUT2D eigenvalue weighted by atomic mass is 10.1. The Kier molecular flexibility index (Phi) is 4.38. The second-order valence-electron chi connectivity index (χ2n) is 4.65. The first-order valence-corrected chi connectivity index (χ1v) is 6.58. The van der Waals surface area contributed by atoms with Crippen LogP contribution in [0.3, 0.4) is 0 Å². The van der Waals surface area contributed by atoms with Gasteiger partial charge >= 0.3 is 5.97 Å². The summed E-state index contributed by atoms with van der Waals surface area (Å²) in [4.78, 5) is 12.7. The number of carboxylic acids is 1. The Bertz CT molecular complexity index is 655. The van der Waals surface area contributed by atoms with E-state index in [0.717, 1.165) is 17.6 Å². The van der Waals surface area contributed by atoms with Crippen molar-refractivity contribution in [1.29, 1.82) is 5.26 Å². The number of nitrogens with zero attached hydrogens (tertiary/aromatic N) is 3. The Labute approximate surface area is 117 Å². The molecule has 0 saturated heterocycles. The first kappa shape index (κ1) is 14.1. The summed E-state index contributed by atoms with van der Waals surface area (Å²) in [6, 6.07) is 7.98. The van der Waals surface area contributed by atoms with Crippen molar-refractivity contribution in [3.05, 3.63) is 41.7 Å². The molecule has 5 heteroatoms. The number of carboxylic acid groups (broad SMARTS) is 1. The molecule has 2 aromatic heterocycles. The van der Waals surface area contributed by atoms with Gasteiger partial charge in [-0.25, -0.2) is 0 Å². The van der Waals surface area contributed by atoms with E-state index >= 15 is 0 Å². The molecule has 0 atom stereocenters. The fourth-order valence-corrected chi connectivity index (χ4v) is 2.27. The van der Waals surface area contributed by atoms with Crippen LogP contribution in [-0.2, 0) is 11.3 Å². The molecule has 0 spiro atoms. The highest BCUT2D eigenvalue weighted by molar-refractivity contribution is 5.67. The first-order valence-electron chi connectivity index (χ1n) is 6.58. The molecule has 2 heterocycles. The van der Waals surface area contributed by atoms with E-state index in [-0.39, 0.29) is 6.42 Å². The van der Waals surface area contributed by atoms with Crippen LogP contribution in [0.2, 0.25) is 0 Å². The van der Waals surface area contributed by atoms with Crippen LogP contribution in [0.25, 0.3) is 5.52 Å². The van der Waals surface area contributed by atoms with Crippen molar-refractivity contribution in [1.82, 2.24) is 9.30 Å². The number of nitriles is 1. The molecule has 0 aromatic carbocycles. The summed E-state index contributed by atoms with van der Waals surface area (Å²) >= 11 is 0. The lowest BCUT2D eigenvalue weighted by Gasteiger charge is -2.18. The summed E-state index contributed by atoms with van der Waals surface area (Å²) in [6.07, 6.45) is 3.97. The van der Waals surface area contributed by atoms with Crippen LogP contribution in [0.1, 0.15) is 24.5 Å². The van der Waals surface area contributed by atoms with Gasteiger partial charge in [-0.05, 0) is 18.7 Å². The molecule has 0 amide bonds. The lowest BCUT2D eigenvalue weighted by molar-refractivity contribution is -0.137. The molecular formula is C15H17N3O2. The maximum absolute atomic E-state index is 10.7. The van der Waals surface area contributed by atoms with E-state index in [1.54, 1.807) is 0 Å². The standard InChI is InChI=1S/C15H17N3O2/c1-2-17(8-6-15(19)20)10-12-11-18-7-4-3-5-14(18)13(12)9-16/h3-5,7,11H,2,6,8,10H2,1H3,(H,19,20). The average Bonchev–Trinajstić information content (AvgIpc) is 2.80. The third-order valence-corrected chi connectivity index (χ3v) is 3.36. The van der Waals surface area contributed by atoms with E-state index in [9.17, 15) is 10.1 Å². The van der Waals surface area contributed by atoms with Crippen molar-refractivity contribution in [2.24, 2.45) is 0 Å². The predicted molar refractivity (Wildman–Crippen MR) is 75.3 cm³/mol. The van der Waals surface area contributed by atoms with E-state index in [4.69, 9.17) is 5.11 Å². The maximum Gasteiger partial charge on any atom is 0.304 e. The maximum atomic E-state index is 10.7. The van der Waals surface area contributed by atoms with Crippen LogP contribution >= 0.6 is 0 Å². The number of fused-ring (bicyclic) bond motifs is 1. The summed E-state index contributed by atoms with van der Waals surface area (Å²) in [5.74, 6) is -0.800. The van der Waals surface area contributed by atoms with Gasteiger partial charge in [-0.15, -0.1) is 0 Å². The number of hydrogen-bond donors (Lipinski definition) is 1. The number of hydrogen-bond acceptors (Lipinski definition) is 3. The Balaban J connectivity index is 2.24. The monoisotopic (exact) mass is 271 g/mol. The van der Waals surface area contributed by atoms with Crippen molar-refractivity contribution in [3.8, 4) is 6.07 Å². The van der Waals surface area contributed by atoms with Gasteiger partial charge in [0.25, 0.3) is 0 Å². The number of pyridine rings is 1. The minimum atomic E-state index is -0.800. The van der Waals surface area contributed by atoms with E-state index in [1.807, 2.05) is 46.8 Å². The Morgan fingerprint density at radius 2 is 2.30 bits per heavy atom. The van der Waals surface area contributed by atoms with Gasteiger partial charge < -0.3 is 9.51 Å². The zero-order valence-corrected chi connectivity index (χ0v) is 11.4. The fraction of sp³-hybridized carbons (Fsp3) is 0.333. The minimum Gasteiger partial charge on any atom is -0.481 e. The largest absolute Gasteiger partial charge is 0.481 e. The summed E-state index contributed by atoms with van der Waals surface area (Å²) in [5.41, 5.74) is 2.49. The van der Waals surface area contributed by atoms with Crippen LogP contribution < -0.4 is 0 Å². The van der Waals surface area contributed by atoms with Crippen molar-refractivity contribution in [2.75, 3.05) is 13.1 Å². The van der Waals surface area contributed by atoms with Crippen LogP contribution in [0.4, 0.5) is 0 Å². The van der Waals surface area contributed by atoms with Crippen LogP contribution in [0.5, 0.6) is 0 Å². The Morgan fingerprint density at radius 3 is 2.95 bits per heavy atom. The second kappa shape index (κ2) is 6.22. The molecule has 0 aliphatic rings. The third kappa shape index (κ3) is 2.98. The van der Waals surface area contributed by atoms with E-state index < -0.39 is 5.97 Å². The van der Waals surface area contributed by atoms with Gasteiger partial charge in [0.2, 0.25) is 0 Å². The minimum absolute atomic E-state index is 0.114. The van der Waals surface area contributed by atoms with Gasteiger partial charge in [-0.3, -0.25) is 9.69 Å². The van der Waals surface area contributed by atoms with Crippen molar-refractivity contribution in [2.45, 2.75) is 19.9 Å². The summed E-state index contributed by atoms with van der Waals surface area (Å²) in [6.45, 7) is 3.82. The van der Waals surface area contributed by atoms with Gasteiger partial charge in [0.1, 0.15) is 6.07 Å². The van der Waals surface area contributed by atoms with Crippen LogP contribution in [0.15, 0.2) is 30.6 Å². The molecule has 0 aliphatic heterocycles. The van der Waals surface area contributed by atoms with Gasteiger partial charge in [0.05, 0.1) is 17.5 Å². The lowest BCUT2D eigenvalue weighted by Crippen LogP contribution is -2.25. The van der Waals surface area contributed by atoms with Gasteiger partial charge in [-0.1, -0.05) is 13.0 Å². The molecule has 0 saturated carbocycles. The van der Waals surface area contributed by atoms with Crippen LogP contribution in [-0.4, -0.2) is 33.5 Å².